The van der Waals surface area contributed by atoms with Gasteiger partial charge in [0.05, 0.1) is 10.9 Å². The third-order valence-electron chi connectivity index (χ3n) is 4.40. The Kier molecular flexibility index (Phi) is 4.85. The monoisotopic (exact) mass is 381 g/mol. The van der Waals surface area contributed by atoms with Crippen molar-refractivity contribution in [1.29, 1.82) is 0 Å². The first-order chi connectivity index (χ1) is 13.1. The van der Waals surface area contributed by atoms with Crippen LogP contribution in [0.25, 0.3) is 0 Å². The minimum absolute atomic E-state index is 0.0589. The van der Waals surface area contributed by atoms with Crippen molar-refractivity contribution in [3.63, 3.8) is 0 Å². The van der Waals surface area contributed by atoms with Crippen molar-refractivity contribution >= 4 is 40.9 Å². The van der Waals surface area contributed by atoms with Gasteiger partial charge in [-0.15, -0.1) is 11.8 Å². The normalized spacial score (nSPS) is 18.2. The van der Waals surface area contributed by atoms with E-state index in [4.69, 9.17) is 0 Å². The first-order valence-corrected chi connectivity index (χ1v) is 9.74. The topological polar surface area (TPSA) is 87.3 Å². The van der Waals surface area contributed by atoms with Crippen LogP contribution in [0.1, 0.15) is 29.6 Å². The van der Waals surface area contributed by atoms with Gasteiger partial charge in [0.15, 0.2) is 0 Å². The second-order valence-electron chi connectivity index (χ2n) is 6.67. The fraction of sp³-hybridized carbons (Fsp3) is 0.250. The molecule has 6 nitrogen and oxygen atoms in total. The second-order valence-corrected chi connectivity index (χ2v) is 7.92. The maximum atomic E-state index is 12.4. The summed E-state index contributed by atoms with van der Waals surface area (Å²) in [6.07, 6.45) is 2.10. The molecule has 1 atom stereocenters. The van der Waals surface area contributed by atoms with Crippen LogP contribution in [0.2, 0.25) is 0 Å². The van der Waals surface area contributed by atoms with Gasteiger partial charge in [0.25, 0.3) is 5.91 Å². The van der Waals surface area contributed by atoms with E-state index in [2.05, 4.69) is 16.0 Å². The molecule has 3 N–H and O–H groups in total. The summed E-state index contributed by atoms with van der Waals surface area (Å²) in [6.45, 7) is 0. The highest BCUT2D eigenvalue weighted by Gasteiger charge is 2.29. The molecule has 0 saturated heterocycles. The van der Waals surface area contributed by atoms with Gasteiger partial charge in [-0.1, -0.05) is 18.2 Å². The number of anilines is 2. The highest BCUT2D eigenvalue weighted by molar-refractivity contribution is 8.01. The molecule has 1 saturated carbocycles. The Morgan fingerprint density at radius 3 is 2.74 bits per heavy atom. The maximum Gasteiger partial charge on any atom is 0.251 e. The van der Waals surface area contributed by atoms with E-state index in [1.165, 1.54) is 11.8 Å². The van der Waals surface area contributed by atoms with Crippen LogP contribution in [0.4, 0.5) is 11.4 Å². The molecular formula is C20H19N3O3S. The summed E-state index contributed by atoms with van der Waals surface area (Å²) in [5.74, 6) is -0.569. The van der Waals surface area contributed by atoms with Gasteiger partial charge < -0.3 is 16.0 Å². The third kappa shape index (κ3) is 4.31. The zero-order chi connectivity index (χ0) is 18.8. The summed E-state index contributed by atoms with van der Waals surface area (Å²) in [5.41, 5.74) is 1.84. The predicted octanol–water partition coefficient (Wildman–Crippen LogP) is 3.02. The number of thioether (sulfide) groups is 1. The molecule has 0 bridgehead atoms. The summed E-state index contributed by atoms with van der Waals surface area (Å²) in [5, 5.41) is 8.06. The highest BCUT2D eigenvalue weighted by atomic mass is 32.2. The SMILES string of the molecule is O=C(C[C@@H]1Sc2ccccc2NC1=O)Nc1cccc(C(=O)NC2CC2)c1. The van der Waals surface area contributed by atoms with Gasteiger partial charge in [0, 0.05) is 28.6 Å². The number of fused-ring (bicyclic) bond motifs is 1. The summed E-state index contributed by atoms with van der Waals surface area (Å²) < 4.78 is 0. The Labute approximate surface area is 161 Å². The Bertz CT molecular complexity index is 911. The lowest BCUT2D eigenvalue weighted by molar-refractivity contribution is -0.120. The number of hydrogen-bond donors (Lipinski definition) is 3. The average Bonchev–Trinajstić information content (AvgIpc) is 3.46. The van der Waals surface area contributed by atoms with Crippen molar-refractivity contribution in [2.75, 3.05) is 10.6 Å². The van der Waals surface area contributed by atoms with Crippen LogP contribution in [-0.4, -0.2) is 29.0 Å². The second kappa shape index (κ2) is 7.44. The fourth-order valence-electron chi connectivity index (χ4n) is 2.84. The van der Waals surface area contributed by atoms with Crippen LogP contribution < -0.4 is 16.0 Å². The van der Waals surface area contributed by atoms with Crippen LogP contribution >= 0.6 is 11.8 Å². The van der Waals surface area contributed by atoms with Crippen molar-refractivity contribution in [3.8, 4) is 0 Å². The standard InChI is InChI=1S/C20H19N3O3S/c24-18(11-17-20(26)23-15-6-1-2-7-16(15)27-17)21-14-5-3-4-12(10-14)19(25)22-13-8-9-13/h1-7,10,13,17H,8-9,11H2,(H,21,24)(H,22,25)(H,23,26)/t17-/m0/s1. The number of carbonyl (C=O) groups is 3. The van der Waals surface area contributed by atoms with Gasteiger partial charge in [-0.3, -0.25) is 14.4 Å². The molecule has 1 heterocycles. The van der Waals surface area contributed by atoms with Gasteiger partial charge in [-0.2, -0.15) is 0 Å². The smallest absolute Gasteiger partial charge is 0.251 e. The number of hydrogen-bond acceptors (Lipinski definition) is 4. The molecule has 4 rings (SSSR count). The van der Waals surface area contributed by atoms with Crippen molar-refractivity contribution in [2.45, 2.75) is 35.4 Å². The zero-order valence-corrected chi connectivity index (χ0v) is 15.3. The Balaban J connectivity index is 1.38. The van der Waals surface area contributed by atoms with Gasteiger partial charge in [0.1, 0.15) is 0 Å². The first-order valence-electron chi connectivity index (χ1n) is 8.86. The molecule has 3 amide bonds. The summed E-state index contributed by atoms with van der Waals surface area (Å²) in [7, 11) is 0. The van der Waals surface area contributed by atoms with E-state index in [0.29, 0.717) is 11.3 Å². The molecule has 1 aliphatic carbocycles. The van der Waals surface area contributed by atoms with Crippen molar-refractivity contribution < 1.29 is 14.4 Å². The molecule has 2 aromatic carbocycles. The van der Waals surface area contributed by atoms with Crippen molar-refractivity contribution in [2.24, 2.45) is 0 Å². The summed E-state index contributed by atoms with van der Waals surface area (Å²) in [4.78, 5) is 37.7. The van der Waals surface area contributed by atoms with Crippen molar-refractivity contribution in [3.05, 3.63) is 54.1 Å². The Hall–Kier alpha value is -2.80. The molecule has 7 heteroatoms. The molecule has 1 aliphatic heterocycles. The molecule has 138 valence electrons. The van der Waals surface area contributed by atoms with E-state index in [1.807, 2.05) is 24.3 Å². The fourth-order valence-corrected chi connectivity index (χ4v) is 3.95. The van der Waals surface area contributed by atoms with Gasteiger partial charge in [-0.25, -0.2) is 0 Å². The number of amides is 3. The van der Waals surface area contributed by atoms with E-state index in [1.54, 1.807) is 24.3 Å². The number of benzene rings is 2. The van der Waals surface area contributed by atoms with Crippen LogP contribution in [0.3, 0.4) is 0 Å². The molecule has 2 aliphatic rings. The Morgan fingerprint density at radius 1 is 1.11 bits per heavy atom. The summed E-state index contributed by atoms with van der Waals surface area (Å²) in [6, 6.07) is 14.6. The van der Waals surface area contributed by atoms with E-state index < -0.39 is 5.25 Å². The molecule has 0 unspecified atom stereocenters. The minimum Gasteiger partial charge on any atom is -0.349 e. The number of rotatable bonds is 5. The van der Waals surface area contributed by atoms with Gasteiger partial charge >= 0.3 is 0 Å². The molecular weight excluding hydrogens is 362 g/mol. The van der Waals surface area contributed by atoms with Gasteiger partial charge in [-0.05, 0) is 43.2 Å². The van der Waals surface area contributed by atoms with Crippen LogP contribution in [-0.2, 0) is 9.59 Å². The van der Waals surface area contributed by atoms with Crippen LogP contribution in [0.15, 0.2) is 53.4 Å². The Morgan fingerprint density at radius 2 is 1.93 bits per heavy atom. The molecule has 0 spiro atoms. The zero-order valence-electron chi connectivity index (χ0n) is 14.5. The molecule has 0 aromatic heterocycles. The lowest BCUT2D eigenvalue weighted by Crippen LogP contribution is -2.32. The van der Waals surface area contributed by atoms with E-state index >= 15 is 0 Å². The lowest BCUT2D eigenvalue weighted by Gasteiger charge is -2.23. The van der Waals surface area contributed by atoms with Gasteiger partial charge in [0.2, 0.25) is 11.8 Å². The quantitative estimate of drug-likeness (QED) is 0.743. The lowest BCUT2D eigenvalue weighted by atomic mass is 10.1. The van der Waals surface area contributed by atoms with Crippen LogP contribution in [0, 0.1) is 0 Å². The van der Waals surface area contributed by atoms with E-state index in [9.17, 15) is 14.4 Å². The molecule has 0 radical (unpaired) electrons. The molecule has 1 fully saturated rings. The maximum absolute atomic E-state index is 12.4. The molecule has 27 heavy (non-hydrogen) atoms. The van der Waals surface area contributed by atoms with Crippen molar-refractivity contribution in [1.82, 2.24) is 5.32 Å². The highest BCUT2D eigenvalue weighted by Crippen LogP contribution is 2.36. The largest absolute Gasteiger partial charge is 0.349 e. The van der Waals surface area contributed by atoms with E-state index in [-0.39, 0.29) is 30.2 Å². The number of carbonyl (C=O) groups excluding carboxylic acids is 3. The molecule has 2 aromatic rings. The van der Waals surface area contributed by atoms with E-state index in [0.717, 1.165) is 23.4 Å². The number of nitrogens with one attached hydrogen (secondary N) is 3. The number of para-hydroxylation sites is 1. The average molecular weight is 381 g/mol. The predicted molar refractivity (Wildman–Crippen MR) is 105 cm³/mol. The first kappa shape index (κ1) is 17.6. The van der Waals surface area contributed by atoms with Crippen LogP contribution in [0.5, 0.6) is 0 Å². The summed E-state index contributed by atoms with van der Waals surface area (Å²) >= 11 is 1.39. The third-order valence-corrected chi connectivity index (χ3v) is 5.67. The minimum atomic E-state index is -0.485.